The molecule has 1 aromatic carbocycles. The van der Waals surface area contributed by atoms with Gasteiger partial charge in [0.25, 0.3) is 0 Å². The van der Waals surface area contributed by atoms with Crippen molar-refractivity contribution in [1.29, 1.82) is 0 Å². The summed E-state index contributed by atoms with van der Waals surface area (Å²) >= 11 is 0. The smallest absolute Gasteiger partial charge is 0.374 e. The van der Waals surface area contributed by atoms with Crippen LogP contribution in [0.5, 0.6) is 11.5 Å². The van der Waals surface area contributed by atoms with Crippen LogP contribution in [0.3, 0.4) is 0 Å². The summed E-state index contributed by atoms with van der Waals surface area (Å²) in [6, 6.07) is 2.08. The highest BCUT2D eigenvalue weighted by atomic mass is 19.3. The molecular formula is C18H16F2O6. The van der Waals surface area contributed by atoms with E-state index in [1.54, 1.807) is 19.9 Å². The van der Waals surface area contributed by atoms with Crippen LogP contribution in [0.1, 0.15) is 41.0 Å². The number of rotatable bonds is 5. The van der Waals surface area contributed by atoms with Gasteiger partial charge >= 0.3 is 12.4 Å². The number of ketones is 2. The van der Waals surface area contributed by atoms with Gasteiger partial charge in [-0.15, -0.1) is 0 Å². The predicted molar refractivity (Wildman–Crippen MR) is 86.4 cm³/mol. The van der Waals surface area contributed by atoms with Crippen LogP contribution in [0, 0.1) is 0 Å². The maximum Gasteiger partial charge on any atom is 0.374 e. The third kappa shape index (κ3) is 3.79. The van der Waals surface area contributed by atoms with Crippen molar-refractivity contribution in [2.24, 2.45) is 0 Å². The molecule has 0 saturated heterocycles. The Hall–Kier alpha value is -3.03. The Morgan fingerprint density at radius 1 is 1.15 bits per heavy atom. The molecule has 0 heterocycles. The molecule has 0 fully saturated rings. The standard InChI is InChI=1S/C18H16F2O6/c1-8(2)3-6-13(26-18(25)17(19)20)9-7-12(23)14-10(21)4-5-11(22)15(14)16(9)24/h3-5,7,13,17,21-22H,6H2,1-2H3. The van der Waals surface area contributed by atoms with Crippen molar-refractivity contribution in [2.75, 3.05) is 0 Å². The van der Waals surface area contributed by atoms with Gasteiger partial charge < -0.3 is 14.9 Å². The van der Waals surface area contributed by atoms with Crippen LogP contribution in [-0.4, -0.2) is 40.3 Å². The van der Waals surface area contributed by atoms with Crippen LogP contribution in [0.15, 0.2) is 35.4 Å². The van der Waals surface area contributed by atoms with E-state index in [1.807, 2.05) is 0 Å². The molecule has 0 radical (unpaired) electrons. The summed E-state index contributed by atoms with van der Waals surface area (Å²) in [5, 5.41) is 19.7. The molecule has 1 aromatic rings. The Morgan fingerprint density at radius 3 is 2.27 bits per heavy atom. The molecule has 0 bridgehead atoms. The lowest BCUT2D eigenvalue weighted by molar-refractivity contribution is -0.160. The number of allylic oxidation sites excluding steroid dienone is 2. The summed E-state index contributed by atoms with van der Waals surface area (Å²) in [5.41, 5.74) is -0.420. The highest BCUT2D eigenvalue weighted by Crippen LogP contribution is 2.36. The second kappa shape index (κ2) is 7.47. The highest BCUT2D eigenvalue weighted by molar-refractivity contribution is 6.27. The van der Waals surface area contributed by atoms with Gasteiger partial charge in [0.05, 0.1) is 11.1 Å². The first-order chi connectivity index (χ1) is 12.1. The van der Waals surface area contributed by atoms with Crippen LogP contribution in [0.25, 0.3) is 0 Å². The number of fused-ring (bicyclic) bond motifs is 1. The lowest BCUT2D eigenvalue weighted by Crippen LogP contribution is -2.31. The first-order valence-electron chi connectivity index (χ1n) is 7.61. The van der Waals surface area contributed by atoms with Crippen LogP contribution in [0.4, 0.5) is 8.78 Å². The van der Waals surface area contributed by atoms with Gasteiger partial charge in [-0.3, -0.25) is 9.59 Å². The summed E-state index contributed by atoms with van der Waals surface area (Å²) in [5.74, 6) is -4.58. The van der Waals surface area contributed by atoms with Crippen LogP contribution in [0.2, 0.25) is 0 Å². The Balaban J connectivity index is 2.50. The molecule has 1 atom stereocenters. The number of aromatic hydroxyl groups is 2. The molecule has 138 valence electrons. The van der Waals surface area contributed by atoms with Crippen molar-refractivity contribution in [3.8, 4) is 11.5 Å². The lowest BCUT2D eigenvalue weighted by Gasteiger charge is -2.23. The van der Waals surface area contributed by atoms with Crippen LogP contribution in [-0.2, 0) is 9.53 Å². The minimum Gasteiger partial charge on any atom is -0.507 e. The summed E-state index contributed by atoms with van der Waals surface area (Å²) in [6.07, 6.45) is -2.56. The van der Waals surface area contributed by atoms with Crippen molar-refractivity contribution in [3.63, 3.8) is 0 Å². The number of hydrogen-bond acceptors (Lipinski definition) is 6. The highest BCUT2D eigenvalue weighted by Gasteiger charge is 2.36. The molecule has 2 rings (SSSR count). The van der Waals surface area contributed by atoms with Gasteiger partial charge in [-0.25, -0.2) is 4.79 Å². The third-order valence-corrected chi connectivity index (χ3v) is 3.71. The molecule has 26 heavy (non-hydrogen) atoms. The van der Waals surface area contributed by atoms with E-state index < -0.39 is 47.1 Å². The summed E-state index contributed by atoms with van der Waals surface area (Å²) in [6.45, 7) is 3.43. The zero-order valence-electron chi connectivity index (χ0n) is 14.0. The van der Waals surface area contributed by atoms with E-state index in [2.05, 4.69) is 4.74 Å². The number of Topliss-reactive ketones (excluding diaryl/α,β-unsaturated/α-hetero) is 1. The Labute approximate surface area is 147 Å². The van der Waals surface area contributed by atoms with E-state index in [1.165, 1.54) is 0 Å². The zero-order valence-corrected chi connectivity index (χ0v) is 14.0. The Bertz CT molecular complexity index is 834. The van der Waals surface area contributed by atoms with Crippen molar-refractivity contribution in [1.82, 2.24) is 0 Å². The van der Waals surface area contributed by atoms with E-state index in [9.17, 15) is 33.4 Å². The van der Waals surface area contributed by atoms with Crippen molar-refractivity contribution >= 4 is 17.5 Å². The normalized spacial score (nSPS) is 14.6. The first kappa shape index (κ1) is 19.3. The number of benzene rings is 1. The van der Waals surface area contributed by atoms with Gasteiger partial charge in [-0.1, -0.05) is 11.6 Å². The molecule has 0 spiro atoms. The number of phenolic OH excluding ortho intramolecular Hbond substituents is 2. The van der Waals surface area contributed by atoms with Gasteiger partial charge in [0.15, 0.2) is 11.6 Å². The number of carbonyl (C=O) groups excluding carboxylic acids is 3. The van der Waals surface area contributed by atoms with Gasteiger partial charge in [-0.2, -0.15) is 8.78 Å². The fourth-order valence-electron chi connectivity index (χ4n) is 2.50. The molecule has 1 aliphatic rings. The molecule has 8 heteroatoms. The minimum atomic E-state index is -3.40. The molecular weight excluding hydrogens is 350 g/mol. The van der Waals surface area contributed by atoms with Gasteiger partial charge in [0.1, 0.15) is 17.6 Å². The summed E-state index contributed by atoms with van der Waals surface area (Å²) in [7, 11) is 0. The predicted octanol–water partition coefficient (Wildman–Crippen LogP) is 2.94. The second-order valence-electron chi connectivity index (χ2n) is 5.89. The van der Waals surface area contributed by atoms with E-state index in [0.29, 0.717) is 0 Å². The SMILES string of the molecule is CC(C)=CCC(OC(=O)C(F)F)C1=CC(=O)c2c(O)ccc(O)c2C1=O. The second-order valence-corrected chi connectivity index (χ2v) is 5.89. The summed E-state index contributed by atoms with van der Waals surface area (Å²) in [4.78, 5) is 36.2. The number of hydrogen-bond donors (Lipinski definition) is 2. The lowest BCUT2D eigenvalue weighted by atomic mass is 9.85. The van der Waals surface area contributed by atoms with Crippen molar-refractivity contribution in [2.45, 2.75) is 32.8 Å². The van der Waals surface area contributed by atoms with Gasteiger partial charge in [0.2, 0.25) is 0 Å². The number of esters is 1. The van der Waals surface area contributed by atoms with E-state index in [0.717, 1.165) is 23.8 Å². The van der Waals surface area contributed by atoms with Crippen molar-refractivity contribution < 1.29 is 38.1 Å². The molecule has 0 aromatic heterocycles. The Morgan fingerprint density at radius 2 is 1.73 bits per heavy atom. The number of carbonyl (C=O) groups is 3. The molecule has 0 aliphatic heterocycles. The quantitative estimate of drug-likeness (QED) is 0.472. The molecule has 1 aliphatic carbocycles. The van der Waals surface area contributed by atoms with Crippen LogP contribution >= 0.6 is 0 Å². The fourth-order valence-corrected chi connectivity index (χ4v) is 2.50. The number of ether oxygens (including phenoxy) is 1. The van der Waals surface area contributed by atoms with E-state index in [4.69, 9.17) is 0 Å². The Kier molecular flexibility index (Phi) is 5.54. The minimum absolute atomic E-state index is 0.111. The largest absolute Gasteiger partial charge is 0.507 e. The third-order valence-electron chi connectivity index (χ3n) is 3.71. The maximum absolute atomic E-state index is 12.7. The topological polar surface area (TPSA) is 101 Å². The van der Waals surface area contributed by atoms with Crippen molar-refractivity contribution in [3.05, 3.63) is 46.6 Å². The van der Waals surface area contributed by atoms with E-state index >= 15 is 0 Å². The van der Waals surface area contributed by atoms with E-state index in [-0.39, 0.29) is 17.6 Å². The molecule has 1 unspecified atom stereocenters. The fraction of sp³-hybridized carbons (Fsp3) is 0.278. The first-order valence-corrected chi connectivity index (χ1v) is 7.61. The molecule has 0 amide bonds. The number of phenols is 2. The molecule has 6 nitrogen and oxygen atoms in total. The average Bonchev–Trinajstić information content (AvgIpc) is 2.56. The number of alkyl halides is 2. The van der Waals surface area contributed by atoms with Gasteiger partial charge in [-0.05, 0) is 32.1 Å². The molecule has 2 N–H and O–H groups in total. The number of halogens is 2. The zero-order chi connectivity index (χ0) is 19.6. The summed E-state index contributed by atoms with van der Waals surface area (Å²) < 4.78 is 29.8. The molecule has 0 saturated carbocycles. The van der Waals surface area contributed by atoms with Crippen LogP contribution < -0.4 is 0 Å². The maximum atomic E-state index is 12.7. The average molecular weight is 366 g/mol. The van der Waals surface area contributed by atoms with Gasteiger partial charge in [0, 0.05) is 12.0 Å². The monoisotopic (exact) mass is 366 g/mol.